The van der Waals surface area contributed by atoms with Gasteiger partial charge in [-0.05, 0) is 71.3 Å². The molecule has 0 aromatic heterocycles. The van der Waals surface area contributed by atoms with Crippen LogP contribution < -0.4 is 5.32 Å². The average molecular weight is 383 g/mol. The number of nitrogens with one attached hydrogen (secondary N) is 1. The summed E-state index contributed by atoms with van der Waals surface area (Å²) in [5.74, 6) is -0.142. The van der Waals surface area contributed by atoms with Gasteiger partial charge in [-0.25, -0.2) is 4.39 Å². The lowest BCUT2D eigenvalue weighted by atomic mass is 9.97. The molecule has 0 aliphatic rings. The maximum absolute atomic E-state index is 13.8. The lowest BCUT2D eigenvalue weighted by Crippen LogP contribution is -2.24. The third-order valence-corrected chi connectivity index (χ3v) is 4.33. The van der Waals surface area contributed by atoms with Crippen LogP contribution in [0.5, 0.6) is 0 Å². The van der Waals surface area contributed by atoms with Crippen molar-refractivity contribution in [2.45, 2.75) is 26.3 Å². The molecule has 0 heterocycles. The van der Waals surface area contributed by atoms with Crippen LogP contribution >= 0.6 is 22.6 Å². The highest BCUT2D eigenvalue weighted by Gasteiger charge is 2.16. The average Bonchev–Trinajstić information content (AvgIpc) is 2.44. The zero-order valence-corrected chi connectivity index (χ0v) is 13.9. The maximum atomic E-state index is 13.8. The van der Waals surface area contributed by atoms with Crippen LogP contribution in [0.25, 0.3) is 0 Å². The van der Waals surface area contributed by atoms with Crippen LogP contribution in [0.2, 0.25) is 0 Å². The van der Waals surface area contributed by atoms with E-state index in [-0.39, 0.29) is 11.9 Å². The summed E-state index contributed by atoms with van der Waals surface area (Å²) in [4.78, 5) is 0. The van der Waals surface area contributed by atoms with E-state index in [9.17, 15) is 4.39 Å². The first-order valence-corrected chi connectivity index (χ1v) is 7.95. The predicted octanol–water partition coefficient (Wildman–Crippen LogP) is 4.83. The fourth-order valence-electron chi connectivity index (χ4n) is 2.19. The molecule has 2 rings (SSSR count). The van der Waals surface area contributed by atoms with E-state index < -0.39 is 0 Å². The molecule has 1 atom stereocenters. The van der Waals surface area contributed by atoms with Crippen molar-refractivity contribution in [2.24, 2.45) is 0 Å². The third-order valence-electron chi connectivity index (χ3n) is 3.34. The molecule has 1 nitrogen and oxygen atoms in total. The monoisotopic (exact) mass is 383 g/mol. The Labute approximate surface area is 133 Å². The van der Waals surface area contributed by atoms with Gasteiger partial charge in [0.1, 0.15) is 5.82 Å². The highest BCUT2D eigenvalue weighted by molar-refractivity contribution is 14.1. The fraction of sp³-hybridized carbons (Fsp3) is 0.294. The second kappa shape index (κ2) is 7.18. The lowest BCUT2D eigenvalue weighted by Gasteiger charge is -2.21. The number of benzene rings is 2. The van der Waals surface area contributed by atoms with Crippen molar-refractivity contribution < 1.29 is 4.39 Å². The molecule has 0 saturated carbocycles. The van der Waals surface area contributed by atoms with Gasteiger partial charge in [0.15, 0.2) is 0 Å². The largest absolute Gasteiger partial charge is 0.306 e. The summed E-state index contributed by atoms with van der Waals surface area (Å²) in [5.41, 5.74) is 2.86. The summed E-state index contributed by atoms with van der Waals surface area (Å²) in [6.45, 7) is 4.83. The van der Waals surface area contributed by atoms with Crippen LogP contribution in [-0.2, 0) is 0 Å². The molecule has 0 radical (unpaired) electrons. The van der Waals surface area contributed by atoms with Gasteiger partial charge in [-0.3, -0.25) is 0 Å². The minimum Gasteiger partial charge on any atom is -0.306 e. The van der Waals surface area contributed by atoms with Crippen molar-refractivity contribution in [1.82, 2.24) is 5.32 Å². The SMILES string of the molecule is CCCNC(c1ccc(C)c(F)c1)c1ccccc1I. The van der Waals surface area contributed by atoms with E-state index in [2.05, 4.69) is 47.0 Å². The molecule has 0 saturated heterocycles. The summed E-state index contributed by atoms with van der Waals surface area (Å²) in [6, 6.07) is 13.8. The van der Waals surface area contributed by atoms with Crippen molar-refractivity contribution in [3.63, 3.8) is 0 Å². The predicted molar refractivity (Wildman–Crippen MR) is 90.4 cm³/mol. The van der Waals surface area contributed by atoms with Crippen molar-refractivity contribution in [2.75, 3.05) is 6.54 Å². The Balaban J connectivity index is 2.41. The topological polar surface area (TPSA) is 12.0 Å². The first-order chi connectivity index (χ1) is 9.63. The van der Waals surface area contributed by atoms with Crippen molar-refractivity contribution in [1.29, 1.82) is 0 Å². The summed E-state index contributed by atoms with van der Waals surface area (Å²) in [5, 5.41) is 3.52. The summed E-state index contributed by atoms with van der Waals surface area (Å²) in [7, 11) is 0. The zero-order chi connectivity index (χ0) is 14.5. The third kappa shape index (κ3) is 3.58. The van der Waals surface area contributed by atoms with E-state index in [4.69, 9.17) is 0 Å². The van der Waals surface area contributed by atoms with Gasteiger partial charge in [-0.1, -0.05) is 37.3 Å². The molecule has 20 heavy (non-hydrogen) atoms. The molecular formula is C17H19FIN. The van der Waals surface area contributed by atoms with Crippen molar-refractivity contribution in [3.8, 4) is 0 Å². The quantitative estimate of drug-likeness (QED) is 0.730. The Morgan fingerprint density at radius 3 is 2.60 bits per heavy atom. The highest BCUT2D eigenvalue weighted by Crippen LogP contribution is 2.27. The van der Waals surface area contributed by atoms with Gasteiger partial charge in [0.05, 0.1) is 6.04 Å². The van der Waals surface area contributed by atoms with Gasteiger partial charge in [0.2, 0.25) is 0 Å². The minimum absolute atomic E-state index is 0.0400. The van der Waals surface area contributed by atoms with Gasteiger partial charge >= 0.3 is 0 Å². The maximum Gasteiger partial charge on any atom is 0.126 e. The Bertz CT molecular complexity index is 583. The van der Waals surface area contributed by atoms with Crippen LogP contribution in [0.1, 0.15) is 36.1 Å². The Kier molecular flexibility index (Phi) is 5.54. The van der Waals surface area contributed by atoms with Crippen molar-refractivity contribution in [3.05, 3.63) is 68.5 Å². The summed E-state index contributed by atoms with van der Waals surface area (Å²) in [6.07, 6.45) is 1.05. The molecule has 0 bridgehead atoms. The Hall–Kier alpha value is -0.940. The number of rotatable bonds is 5. The van der Waals surface area contributed by atoms with Gasteiger partial charge in [0.25, 0.3) is 0 Å². The van der Waals surface area contributed by atoms with Crippen LogP contribution in [0.3, 0.4) is 0 Å². The van der Waals surface area contributed by atoms with Crippen molar-refractivity contribution >= 4 is 22.6 Å². The first kappa shape index (κ1) is 15.4. The van der Waals surface area contributed by atoms with Crippen LogP contribution in [0.4, 0.5) is 4.39 Å². The standard InChI is InChI=1S/C17H19FIN/c1-3-10-20-17(14-6-4-5-7-16(14)19)13-9-8-12(2)15(18)11-13/h4-9,11,17,20H,3,10H2,1-2H3. The Morgan fingerprint density at radius 1 is 1.20 bits per heavy atom. The van der Waals surface area contributed by atoms with Gasteiger partial charge in [-0.15, -0.1) is 0 Å². The first-order valence-electron chi connectivity index (χ1n) is 6.87. The number of halogens is 2. The minimum atomic E-state index is -0.142. The lowest BCUT2D eigenvalue weighted by molar-refractivity contribution is 0.581. The van der Waals surface area contributed by atoms with E-state index in [1.54, 1.807) is 13.0 Å². The van der Waals surface area contributed by atoms with E-state index in [1.165, 1.54) is 9.13 Å². The fourth-order valence-corrected chi connectivity index (χ4v) is 2.89. The molecule has 2 aromatic rings. The van der Waals surface area contributed by atoms with Gasteiger partial charge in [0, 0.05) is 3.57 Å². The number of aryl methyl sites for hydroxylation is 1. The van der Waals surface area contributed by atoms with Crippen LogP contribution in [-0.4, -0.2) is 6.54 Å². The zero-order valence-electron chi connectivity index (χ0n) is 11.8. The van der Waals surface area contributed by atoms with Crippen LogP contribution in [0.15, 0.2) is 42.5 Å². The molecule has 0 aliphatic heterocycles. The van der Waals surface area contributed by atoms with Gasteiger partial charge < -0.3 is 5.32 Å². The molecule has 2 aromatic carbocycles. The molecule has 0 fully saturated rings. The summed E-state index contributed by atoms with van der Waals surface area (Å²) < 4.78 is 15.0. The smallest absolute Gasteiger partial charge is 0.126 e. The van der Waals surface area contributed by atoms with E-state index in [0.717, 1.165) is 18.5 Å². The normalized spacial score (nSPS) is 12.4. The Morgan fingerprint density at radius 2 is 1.95 bits per heavy atom. The summed E-state index contributed by atoms with van der Waals surface area (Å²) >= 11 is 2.34. The second-order valence-electron chi connectivity index (χ2n) is 4.92. The van der Waals surface area contributed by atoms with Gasteiger partial charge in [-0.2, -0.15) is 0 Å². The molecule has 106 valence electrons. The van der Waals surface area contributed by atoms with E-state index in [1.807, 2.05) is 24.3 Å². The second-order valence-corrected chi connectivity index (χ2v) is 6.08. The molecule has 0 aliphatic carbocycles. The molecular weight excluding hydrogens is 364 g/mol. The van der Waals surface area contributed by atoms with E-state index >= 15 is 0 Å². The van der Waals surface area contributed by atoms with Crippen LogP contribution in [0, 0.1) is 16.3 Å². The number of hydrogen-bond acceptors (Lipinski definition) is 1. The molecule has 3 heteroatoms. The molecule has 0 amide bonds. The molecule has 1 unspecified atom stereocenters. The number of hydrogen-bond donors (Lipinski definition) is 1. The van der Waals surface area contributed by atoms with E-state index in [0.29, 0.717) is 5.56 Å². The molecule has 1 N–H and O–H groups in total. The highest BCUT2D eigenvalue weighted by atomic mass is 127. The molecule has 0 spiro atoms.